The lowest BCUT2D eigenvalue weighted by molar-refractivity contribution is -0.174. The molecule has 0 heterocycles. The first-order chi connectivity index (χ1) is 11.1. The fourth-order valence-electron chi connectivity index (χ4n) is 1.83. The van der Waals surface area contributed by atoms with Crippen LogP contribution in [0.5, 0.6) is 0 Å². The van der Waals surface area contributed by atoms with Gasteiger partial charge in [0, 0.05) is 6.42 Å². The fraction of sp³-hybridized carbons (Fsp3) is 0.400. The molecule has 9 heteroatoms. The Morgan fingerprint density at radius 2 is 1.71 bits per heavy atom. The normalized spacial score (nSPS) is 13.5. The van der Waals surface area contributed by atoms with E-state index in [1.54, 1.807) is 30.3 Å². The standard InChI is InChI=1S/C15H17F3N2O4/c1-9(19-14(23)15(16,17)18)12(21)20-11(13(22)24-2)8-10-6-4-3-5-7-10/h3-7,9,11H,8H2,1-2H3,(H,19,23)(H,20,21). The van der Waals surface area contributed by atoms with Crippen molar-refractivity contribution in [2.45, 2.75) is 31.6 Å². The molecule has 2 unspecified atom stereocenters. The molecule has 2 atom stereocenters. The van der Waals surface area contributed by atoms with Crippen molar-refractivity contribution in [1.82, 2.24) is 10.6 Å². The summed E-state index contributed by atoms with van der Waals surface area (Å²) in [5.74, 6) is -3.91. The van der Waals surface area contributed by atoms with Crippen molar-refractivity contribution in [2.24, 2.45) is 0 Å². The monoisotopic (exact) mass is 346 g/mol. The summed E-state index contributed by atoms with van der Waals surface area (Å²) in [4.78, 5) is 34.5. The van der Waals surface area contributed by atoms with Crippen molar-refractivity contribution in [2.75, 3.05) is 7.11 Å². The number of benzene rings is 1. The molecule has 0 aliphatic rings. The number of carbonyl (C=O) groups is 3. The Bertz CT molecular complexity index is 590. The van der Waals surface area contributed by atoms with E-state index in [9.17, 15) is 27.6 Å². The quantitative estimate of drug-likeness (QED) is 0.752. The molecular formula is C15H17F3N2O4. The largest absolute Gasteiger partial charge is 0.471 e. The highest BCUT2D eigenvalue weighted by Gasteiger charge is 2.40. The lowest BCUT2D eigenvalue weighted by atomic mass is 10.1. The van der Waals surface area contributed by atoms with Gasteiger partial charge in [-0.2, -0.15) is 13.2 Å². The molecular weight excluding hydrogens is 329 g/mol. The average Bonchev–Trinajstić information content (AvgIpc) is 2.53. The lowest BCUT2D eigenvalue weighted by Gasteiger charge is -2.20. The van der Waals surface area contributed by atoms with Gasteiger partial charge in [-0.05, 0) is 12.5 Å². The number of halogens is 3. The van der Waals surface area contributed by atoms with Crippen LogP contribution in [0.1, 0.15) is 12.5 Å². The minimum absolute atomic E-state index is 0.0964. The van der Waals surface area contributed by atoms with Crippen molar-refractivity contribution in [3.8, 4) is 0 Å². The summed E-state index contributed by atoms with van der Waals surface area (Å²) in [5.41, 5.74) is 0.722. The third-order valence-corrected chi connectivity index (χ3v) is 3.08. The zero-order chi connectivity index (χ0) is 18.3. The Labute approximate surface area is 136 Å². The topological polar surface area (TPSA) is 84.5 Å². The molecule has 0 aliphatic heterocycles. The number of alkyl halides is 3. The van der Waals surface area contributed by atoms with Gasteiger partial charge in [-0.25, -0.2) is 4.79 Å². The Morgan fingerprint density at radius 3 is 2.21 bits per heavy atom. The molecule has 132 valence electrons. The molecule has 0 spiro atoms. The maximum atomic E-state index is 12.2. The van der Waals surface area contributed by atoms with E-state index in [0.717, 1.165) is 19.6 Å². The molecule has 0 bridgehead atoms. The van der Waals surface area contributed by atoms with Crippen LogP contribution < -0.4 is 10.6 Å². The SMILES string of the molecule is COC(=O)C(Cc1ccccc1)NC(=O)C(C)NC(=O)C(F)(F)F. The van der Waals surface area contributed by atoms with E-state index in [0.29, 0.717) is 0 Å². The number of amides is 2. The first kappa shape index (κ1) is 19.5. The van der Waals surface area contributed by atoms with Gasteiger partial charge in [0.05, 0.1) is 7.11 Å². The zero-order valence-electron chi connectivity index (χ0n) is 13.0. The number of hydrogen-bond acceptors (Lipinski definition) is 4. The molecule has 0 aromatic heterocycles. The van der Waals surface area contributed by atoms with Crippen molar-refractivity contribution in [3.05, 3.63) is 35.9 Å². The Kier molecular flexibility index (Phi) is 6.75. The Balaban J connectivity index is 2.74. The molecule has 0 radical (unpaired) electrons. The third kappa shape index (κ3) is 5.90. The molecule has 6 nitrogen and oxygen atoms in total. The number of nitrogens with one attached hydrogen (secondary N) is 2. The van der Waals surface area contributed by atoms with Gasteiger partial charge in [-0.1, -0.05) is 30.3 Å². The molecule has 2 amide bonds. The van der Waals surface area contributed by atoms with Crippen LogP contribution in [0.15, 0.2) is 30.3 Å². The number of esters is 1. The van der Waals surface area contributed by atoms with Crippen molar-refractivity contribution in [3.63, 3.8) is 0 Å². The Hall–Kier alpha value is -2.58. The number of ether oxygens (including phenoxy) is 1. The second-order valence-corrected chi connectivity index (χ2v) is 4.97. The van der Waals surface area contributed by atoms with Crippen LogP contribution in [0, 0.1) is 0 Å². The molecule has 2 N–H and O–H groups in total. The van der Waals surface area contributed by atoms with Gasteiger partial charge in [0.2, 0.25) is 5.91 Å². The van der Waals surface area contributed by atoms with Crippen LogP contribution in [0.25, 0.3) is 0 Å². The second kappa shape index (κ2) is 8.32. The summed E-state index contributed by atoms with van der Waals surface area (Å²) in [6, 6.07) is 6.12. The maximum Gasteiger partial charge on any atom is 0.471 e. The molecule has 1 aromatic carbocycles. The van der Waals surface area contributed by atoms with E-state index in [1.165, 1.54) is 5.32 Å². The highest BCUT2D eigenvalue weighted by molar-refractivity contribution is 5.91. The summed E-state index contributed by atoms with van der Waals surface area (Å²) < 4.78 is 41.1. The molecule has 24 heavy (non-hydrogen) atoms. The van der Waals surface area contributed by atoms with E-state index >= 15 is 0 Å². The van der Waals surface area contributed by atoms with Crippen molar-refractivity contribution >= 4 is 17.8 Å². The minimum atomic E-state index is -5.10. The molecule has 1 aromatic rings. The fourth-order valence-corrected chi connectivity index (χ4v) is 1.83. The van der Waals surface area contributed by atoms with Crippen LogP contribution in [0.4, 0.5) is 13.2 Å². The maximum absolute atomic E-state index is 12.2. The smallest absolute Gasteiger partial charge is 0.467 e. The minimum Gasteiger partial charge on any atom is -0.467 e. The van der Waals surface area contributed by atoms with E-state index in [4.69, 9.17) is 0 Å². The second-order valence-electron chi connectivity index (χ2n) is 4.97. The van der Waals surface area contributed by atoms with Crippen LogP contribution in [0.3, 0.4) is 0 Å². The first-order valence-corrected chi connectivity index (χ1v) is 6.95. The first-order valence-electron chi connectivity index (χ1n) is 6.95. The summed E-state index contributed by atoms with van der Waals surface area (Å²) in [7, 11) is 1.13. The van der Waals surface area contributed by atoms with Crippen LogP contribution in [0.2, 0.25) is 0 Å². The van der Waals surface area contributed by atoms with E-state index < -0.39 is 36.0 Å². The highest BCUT2D eigenvalue weighted by Crippen LogP contribution is 2.14. The van der Waals surface area contributed by atoms with Crippen LogP contribution in [-0.2, 0) is 25.5 Å². The summed E-state index contributed by atoms with van der Waals surface area (Å²) >= 11 is 0. The van der Waals surface area contributed by atoms with Gasteiger partial charge in [0.25, 0.3) is 0 Å². The number of hydrogen-bond donors (Lipinski definition) is 2. The average molecular weight is 346 g/mol. The van der Waals surface area contributed by atoms with Gasteiger partial charge in [0.1, 0.15) is 12.1 Å². The van der Waals surface area contributed by atoms with Crippen LogP contribution >= 0.6 is 0 Å². The van der Waals surface area contributed by atoms with Gasteiger partial charge in [0.15, 0.2) is 0 Å². The summed E-state index contributed by atoms with van der Waals surface area (Å²) in [6.45, 7) is 1.08. The molecule has 0 saturated carbocycles. The van der Waals surface area contributed by atoms with Crippen molar-refractivity contribution in [1.29, 1.82) is 0 Å². The molecule has 0 saturated heterocycles. The number of methoxy groups -OCH3 is 1. The third-order valence-electron chi connectivity index (χ3n) is 3.08. The summed E-state index contributed by atoms with van der Waals surface area (Å²) in [6.07, 6.45) is -5.00. The van der Waals surface area contributed by atoms with Crippen molar-refractivity contribution < 1.29 is 32.3 Å². The van der Waals surface area contributed by atoms with Gasteiger partial charge < -0.3 is 15.4 Å². The van der Waals surface area contributed by atoms with E-state index in [2.05, 4.69) is 10.1 Å². The lowest BCUT2D eigenvalue weighted by Crippen LogP contribution is -2.53. The zero-order valence-corrected chi connectivity index (χ0v) is 13.0. The summed E-state index contributed by atoms with van der Waals surface area (Å²) in [5, 5.41) is 3.79. The predicted molar refractivity (Wildman–Crippen MR) is 77.8 cm³/mol. The van der Waals surface area contributed by atoms with E-state index in [1.807, 2.05) is 0 Å². The molecule has 0 fully saturated rings. The van der Waals surface area contributed by atoms with E-state index in [-0.39, 0.29) is 6.42 Å². The van der Waals surface area contributed by atoms with Gasteiger partial charge >= 0.3 is 18.1 Å². The predicted octanol–water partition coefficient (Wildman–Crippen LogP) is 0.954. The Morgan fingerprint density at radius 1 is 1.12 bits per heavy atom. The molecule has 1 rings (SSSR count). The van der Waals surface area contributed by atoms with Gasteiger partial charge in [-0.3, -0.25) is 9.59 Å². The van der Waals surface area contributed by atoms with Gasteiger partial charge in [-0.15, -0.1) is 0 Å². The number of carbonyl (C=O) groups excluding carboxylic acids is 3. The van der Waals surface area contributed by atoms with Crippen LogP contribution in [-0.4, -0.2) is 43.2 Å². The number of rotatable bonds is 6. The molecule has 0 aliphatic carbocycles. The highest BCUT2D eigenvalue weighted by atomic mass is 19.4.